The van der Waals surface area contributed by atoms with Gasteiger partial charge >= 0.3 is 5.97 Å². The number of hydrogen-bond donors (Lipinski definition) is 2. The lowest BCUT2D eigenvalue weighted by molar-refractivity contribution is -0.138. The van der Waals surface area contributed by atoms with Crippen LogP contribution in [0, 0.1) is 0 Å². The fourth-order valence-electron chi connectivity index (χ4n) is 3.03. The van der Waals surface area contributed by atoms with Gasteiger partial charge in [-0.2, -0.15) is 0 Å². The van der Waals surface area contributed by atoms with E-state index >= 15 is 0 Å². The average molecular weight is 347 g/mol. The quantitative estimate of drug-likeness (QED) is 0.817. The van der Waals surface area contributed by atoms with E-state index in [9.17, 15) is 14.4 Å². The molecule has 0 aromatic heterocycles. The maximum Gasteiger partial charge on any atom is 0.305 e. The van der Waals surface area contributed by atoms with E-state index in [1.54, 1.807) is 34.1 Å². The highest BCUT2D eigenvalue weighted by Gasteiger charge is 2.29. The van der Waals surface area contributed by atoms with Gasteiger partial charge in [-0.15, -0.1) is 0 Å². The third kappa shape index (κ3) is 5.56. The zero-order valence-electron chi connectivity index (χ0n) is 14.7. The Labute approximate surface area is 147 Å². The molecule has 1 aliphatic heterocycles. The molecule has 0 unspecified atom stereocenters. The largest absolute Gasteiger partial charge is 0.481 e. The van der Waals surface area contributed by atoms with Crippen LogP contribution < -0.4 is 5.32 Å². The molecule has 2 rings (SSSR count). The van der Waals surface area contributed by atoms with E-state index in [1.807, 2.05) is 14.1 Å². The van der Waals surface area contributed by atoms with Crippen LogP contribution in [-0.4, -0.2) is 65.9 Å². The van der Waals surface area contributed by atoms with E-state index in [-0.39, 0.29) is 30.8 Å². The van der Waals surface area contributed by atoms with Crippen molar-refractivity contribution in [2.75, 3.05) is 32.5 Å². The van der Waals surface area contributed by atoms with E-state index in [0.717, 1.165) is 19.3 Å². The second-order valence-electron chi connectivity index (χ2n) is 6.61. The number of carbonyl (C=O) groups is 3. The van der Waals surface area contributed by atoms with Crippen LogP contribution in [0.4, 0.5) is 5.69 Å². The minimum Gasteiger partial charge on any atom is -0.481 e. The first-order chi connectivity index (χ1) is 11.9. The predicted molar refractivity (Wildman–Crippen MR) is 94.6 cm³/mol. The molecule has 0 spiro atoms. The van der Waals surface area contributed by atoms with Gasteiger partial charge in [0, 0.05) is 23.8 Å². The fourth-order valence-corrected chi connectivity index (χ4v) is 3.03. The standard InChI is InChI=1S/C18H25N3O4/c1-20(2)12-16(22)19-14-8-6-13(7-9-14)18(25)21-10-4-3-5-15(21)11-17(23)24/h6-9,15H,3-5,10-12H2,1-2H3,(H,19,22)(H,23,24)/t15-/m0/s1. The van der Waals surface area contributed by atoms with Crippen molar-refractivity contribution in [1.29, 1.82) is 0 Å². The molecule has 0 bridgehead atoms. The van der Waals surface area contributed by atoms with Crippen molar-refractivity contribution in [3.8, 4) is 0 Å². The second kappa shape index (κ2) is 8.62. The predicted octanol–water partition coefficient (Wildman–Crippen LogP) is 1.66. The van der Waals surface area contributed by atoms with E-state index in [4.69, 9.17) is 5.11 Å². The number of anilines is 1. The molecular weight excluding hydrogens is 322 g/mol. The van der Waals surface area contributed by atoms with E-state index in [0.29, 0.717) is 17.8 Å². The van der Waals surface area contributed by atoms with Gasteiger partial charge in [-0.1, -0.05) is 0 Å². The highest BCUT2D eigenvalue weighted by atomic mass is 16.4. The Morgan fingerprint density at radius 2 is 1.88 bits per heavy atom. The Morgan fingerprint density at radius 1 is 1.20 bits per heavy atom. The maximum absolute atomic E-state index is 12.7. The highest BCUT2D eigenvalue weighted by molar-refractivity contribution is 5.96. The topological polar surface area (TPSA) is 90.0 Å². The number of piperidine rings is 1. The van der Waals surface area contributed by atoms with Gasteiger partial charge in [0.25, 0.3) is 5.91 Å². The number of amides is 2. The van der Waals surface area contributed by atoms with Crippen molar-refractivity contribution in [1.82, 2.24) is 9.80 Å². The number of nitrogens with one attached hydrogen (secondary N) is 1. The van der Waals surface area contributed by atoms with Crippen LogP contribution in [0.15, 0.2) is 24.3 Å². The number of aliphatic carboxylic acids is 1. The highest BCUT2D eigenvalue weighted by Crippen LogP contribution is 2.22. The first-order valence-electron chi connectivity index (χ1n) is 8.44. The zero-order chi connectivity index (χ0) is 18.4. The minimum atomic E-state index is -0.886. The summed E-state index contributed by atoms with van der Waals surface area (Å²) in [5.41, 5.74) is 1.13. The molecule has 1 aromatic carbocycles. The second-order valence-corrected chi connectivity index (χ2v) is 6.61. The number of benzene rings is 1. The van der Waals surface area contributed by atoms with Crippen LogP contribution in [0.5, 0.6) is 0 Å². The van der Waals surface area contributed by atoms with Crippen molar-refractivity contribution >= 4 is 23.5 Å². The fraction of sp³-hybridized carbons (Fsp3) is 0.500. The van der Waals surface area contributed by atoms with Gasteiger partial charge in [-0.25, -0.2) is 0 Å². The SMILES string of the molecule is CN(C)CC(=O)Nc1ccc(C(=O)N2CCCC[C@H]2CC(=O)O)cc1. The summed E-state index contributed by atoms with van der Waals surface area (Å²) >= 11 is 0. The summed E-state index contributed by atoms with van der Waals surface area (Å²) in [5, 5.41) is 11.8. The number of carboxylic acid groups (broad SMARTS) is 1. The summed E-state index contributed by atoms with van der Waals surface area (Å²) in [6.45, 7) is 0.865. The van der Waals surface area contributed by atoms with Crippen molar-refractivity contribution in [3.63, 3.8) is 0 Å². The van der Waals surface area contributed by atoms with Crippen LogP contribution in [0.1, 0.15) is 36.0 Å². The van der Waals surface area contributed by atoms with Crippen LogP contribution in [0.2, 0.25) is 0 Å². The zero-order valence-corrected chi connectivity index (χ0v) is 14.7. The van der Waals surface area contributed by atoms with Crippen molar-refractivity contribution < 1.29 is 19.5 Å². The summed E-state index contributed by atoms with van der Waals surface area (Å²) in [7, 11) is 3.63. The molecule has 2 N–H and O–H groups in total. The lowest BCUT2D eigenvalue weighted by atomic mass is 9.98. The van der Waals surface area contributed by atoms with E-state index < -0.39 is 5.97 Å². The number of nitrogens with zero attached hydrogens (tertiary/aromatic N) is 2. The molecular formula is C18H25N3O4. The third-order valence-corrected chi connectivity index (χ3v) is 4.17. The number of hydrogen-bond acceptors (Lipinski definition) is 4. The smallest absolute Gasteiger partial charge is 0.305 e. The molecule has 2 amide bonds. The van der Waals surface area contributed by atoms with Crippen LogP contribution >= 0.6 is 0 Å². The van der Waals surface area contributed by atoms with E-state index in [1.165, 1.54) is 0 Å². The van der Waals surface area contributed by atoms with Crippen LogP contribution in [0.25, 0.3) is 0 Å². The summed E-state index contributed by atoms with van der Waals surface area (Å²) < 4.78 is 0. The van der Waals surface area contributed by atoms with Gasteiger partial charge in [0.15, 0.2) is 0 Å². The molecule has 1 heterocycles. The molecule has 1 aliphatic rings. The van der Waals surface area contributed by atoms with Gasteiger partial charge in [0.1, 0.15) is 0 Å². The first-order valence-corrected chi connectivity index (χ1v) is 8.44. The van der Waals surface area contributed by atoms with Gasteiger partial charge in [-0.05, 0) is 57.6 Å². The maximum atomic E-state index is 12.7. The monoisotopic (exact) mass is 347 g/mol. The Kier molecular flexibility index (Phi) is 6.52. The Balaban J connectivity index is 2.03. The number of likely N-dealkylation sites (tertiary alicyclic amines) is 1. The molecule has 1 fully saturated rings. The molecule has 7 nitrogen and oxygen atoms in total. The molecule has 1 atom stereocenters. The Hall–Kier alpha value is -2.41. The molecule has 0 saturated carbocycles. The van der Waals surface area contributed by atoms with Crippen LogP contribution in [0.3, 0.4) is 0 Å². The Morgan fingerprint density at radius 3 is 2.48 bits per heavy atom. The third-order valence-electron chi connectivity index (χ3n) is 4.17. The molecule has 1 saturated heterocycles. The molecule has 0 aliphatic carbocycles. The lowest BCUT2D eigenvalue weighted by Crippen LogP contribution is -2.44. The summed E-state index contributed by atoms with van der Waals surface area (Å²) in [5.74, 6) is -1.16. The molecule has 136 valence electrons. The van der Waals surface area contributed by atoms with Gasteiger partial charge in [-0.3, -0.25) is 14.4 Å². The van der Waals surface area contributed by atoms with Crippen molar-refractivity contribution in [2.45, 2.75) is 31.7 Å². The first kappa shape index (κ1) is 18.9. The summed E-state index contributed by atoms with van der Waals surface area (Å²) in [6.07, 6.45) is 2.53. The van der Waals surface area contributed by atoms with Crippen LogP contribution in [-0.2, 0) is 9.59 Å². The normalized spacial score (nSPS) is 17.4. The van der Waals surface area contributed by atoms with Gasteiger partial charge in [0.2, 0.25) is 5.91 Å². The number of likely N-dealkylation sites (N-methyl/N-ethyl adjacent to an activating group) is 1. The van der Waals surface area contributed by atoms with Crippen molar-refractivity contribution in [2.24, 2.45) is 0 Å². The van der Waals surface area contributed by atoms with Gasteiger partial charge in [0.05, 0.1) is 13.0 Å². The number of rotatable bonds is 6. The summed E-state index contributed by atoms with van der Waals surface area (Å²) in [4.78, 5) is 38.9. The lowest BCUT2D eigenvalue weighted by Gasteiger charge is -2.35. The average Bonchev–Trinajstić information content (AvgIpc) is 2.54. The minimum absolute atomic E-state index is 0.0234. The van der Waals surface area contributed by atoms with E-state index in [2.05, 4.69) is 5.32 Å². The van der Waals surface area contributed by atoms with Gasteiger partial charge < -0.3 is 20.2 Å². The van der Waals surface area contributed by atoms with Crippen molar-refractivity contribution in [3.05, 3.63) is 29.8 Å². The number of carboxylic acids is 1. The number of carbonyl (C=O) groups excluding carboxylic acids is 2. The molecule has 0 radical (unpaired) electrons. The molecule has 1 aromatic rings. The summed E-state index contributed by atoms with van der Waals surface area (Å²) in [6, 6.07) is 6.46. The molecule has 7 heteroatoms. The molecule has 25 heavy (non-hydrogen) atoms. The Bertz CT molecular complexity index is 628.